The van der Waals surface area contributed by atoms with Crippen LogP contribution in [0.3, 0.4) is 0 Å². The third kappa shape index (κ3) is 4.41. The van der Waals surface area contributed by atoms with Crippen LogP contribution in [-0.2, 0) is 13.6 Å². The molecule has 1 amide bonds. The number of hydrogen-bond acceptors (Lipinski definition) is 5. The summed E-state index contributed by atoms with van der Waals surface area (Å²) in [5.74, 6) is -0.0190. The van der Waals surface area contributed by atoms with Gasteiger partial charge in [-0.1, -0.05) is 30.3 Å². The smallest absolute Gasteiger partial charge is 0.263 e. The number of amides is 1. The molecule has 0 spiro atoms. The van der Waals surface area contributed by atoms with Crippen LogP contribution in [0.15, 0.2) is 36.5 Å². The Bertz CT molecular complexity index is 986. The van der Waals surface area contributed by atoms with Crippen molar-refractivity contribution in [1.82, 2.24) is 25.0 Å². The molecule has 7 heteroatoms. The van der Waals surface area contributed by atoms with Crippen molar-refractivity contribution in [3.63, 3.8) is 0 Å². The van der Waals surface area contributed by atoms with Crippen LogP contribution in [0.4, 0.5) is 0 Å². The lowest BCUT2D eigenvalue weighted by molar-refractivity contribution is 0.0913. The van der Waals surface area contributed by atoms with Crippen molar-refractivity contribution in [2.45, 2.75) is 39.3 Å². The van der Waals surface area contributed by atoms with Gasteiger partial charge >= 0.3 is 0 Å². The molecule has 0 saturated carbocycles. The van der Waals surface area contributed by atoms with Gasteiger partial charge in [-0.15, -0.1) is 11.3 Å². The van der Waals surface area contributed by atoms with E-state index in [1.807, 2.05) is 31.6 Å². The predicted octanol–water partition coefficient (Wildman–Crippen LogP) is 3.55. The highest BCUT2D eigenvalue weighted by Crippen LogP contribution is 2.30. The van der Waals surface area contributed by atoms with Gasteiger partial charge in [-0.05, 0) is 32.3 Å². The Kier molecular flexibility index (Phi) is 5.78. The van der Waals surface area contributed by atoms with Crippen LogP contribution in [0.2, 0.25) is 0 Å². The number of aromatic nitrogens is 3. The van der Waals surface area contributed by atoms with Crippen molar-refractivity contribution in [3.05, 3.63) is 58.4 Å². The van der Waals surface area contributed by atoms with Crippen molar-refractivity contribution >= 4 is 17.2 Å². The summed E-state index contributed by atoms with van der Waals surface area (Å²) in [4.78, 5) is 20.3. The van der Waals surface area contributed by atoms with E-state index in [9.17, 15) is 4.79 Å². The molecule has 29 heavy (non-hydrogen) atoms. The summed E-state index contributed by atoms with van der Waals surface area (Å²) in [6, 6.07) is 10.8. The average Bonchev–Trinajstić information content (AvgIpc) is 3.29. The van der Waals surface area contributed by atoms with E-state index in [4.69, 9.17) is 0 Å². The van der Waals surface area contributed by atoms with Gasteiger partial charge in [-0.2, -0.15) is 5.10 Å². The fourth-order valence-corrected chi connectivity index (χ4v) is 4.88. The summed E-state index contributed by atoms with van der Waals surface area (Å²) in [5.41, 5.74) is 4.38. The van der Waals surface area contributed by atoms with Gasteiger partial charge < -0.3 is 5.32 Å². The minimum Gasteiger partial charge on any atom is -0.348 e. The maximum atomic E-state index is 12.7. The molecule has 0 atom stereocenters. The van der Waals surface area contributed by atoms with E-state index in [2.05, 4.69) is 44.6 Å². The van der Waals surface area contributed by atoms with Crippen molar-refractivity contribution < 1.29 is 4.79 Å². The largest absolute Gasteiger partial charge is 0.348 e. The topological polar surface area (TPSA) is 63.1 Å². The summed E-state index contributed by atoms with van der Waals surface area (Å²) < 4.78 is 1.86. The fourth-order valence-electron chi connectivity index (χ4n) is 3.91. The molecule has 6 nitrogen and oxygen atoms in total. The van der Waals surface area contributed by atoms with Crippen LogP contribution in [0.5, 0.6) is 0 Å². The molecular formula is C22H27N5OS. The molecule has 0 aliphatic carbocycles. The fraction of sp³-hybridized carbons (Fsp3) is 0.409. The van der Waals surface area contributed by atoms with E-state index in [1.54, 1.807) is 6.20 Å². The van der Waals surface area contributed by atoms with Gasteiger partial charge in [0.05, 0.1) is 17.5 Å². The number of carbonyl (C=O) groups is 1. The number of hydrogen-bond donors (Lipinski definition) is 1. The molecule has 1 aliphatic rings. The molecule has 4 rings (SSSR count). The van der Waals surface area contributed by atoms with Crippen molar-refractivity contribution in [2.75, 3.05) is 13.1 Å². The third-order valence-corrected chi connectivity index (χ3v) is 6.64. The molecule has 3 heterocycles. The first kappa shape index (κ1) is 19.8. The van der Waals surface area contributed by atoms with Gasteiger partial charge in [0.25, 0.3) is 5.91 Å². The van der Waals surface area contributed by atoms with Gasteiger partial charge in [0.2, 0.25) is 0 Å². The number of piperidine rings is 1. The van der Waals surface area contributed by atoms with Gasteiger partial charge in [-0.3, -0.25) is 14.4 Å². The third-order valence-electron chi connectivity index (χ3n) is 5.62. The molecule has 1 fully saturated rings. The van der Waals surface area contributed by atoms with Crippen molar-refractivity contribution in [3.8, 4) is 10.6 Å². The Balaban J connectivity index is 1.33. The first-order valence-corrected chi connectivity index (χ1v) is 10.9. The second-order valence-electron chi connectivity index (χ2n) is 7.71. The Morgan fingerprint density at radius 2 is 1.93 bits per heavy atom. The Morgan fingerprint density at radius 3 is 2.59 bits per heavy atom. The Morgan fingerprint density at radius 1 is 1.21 bits per heavy atom. The highest BCUT2D eigenvalue weighted by atomic mass is 32.1. The lowest BCUT2D eigenvalue weighted by Crippen LogP contribution is -2.44. The molecule has 0 bridgehead atoms. The highest BCUT2D eigenvalue weighted by Gasteiger charge is 2.23. The quantitative estimate of drug-likeness (QED) is 0.700. The Labute approximate surface area is 175 Å². The van der Waals surface area contributed by atoms with Crippen LogP contribution in [-0.4, -0.2) is 44.7 Å². The number of carbonyl (C=O) groups excluding carboxylic acids is 1. The van der Waals surface area contributed by atoms with Crippen LogP contribution in [0, 0.1) is 13.8 Å². The average molecular weight is 410 g/mol. The summed E-state index contributed by atoms with van der Waals surface area (Å²) in [6.45, 7) is 6.99. The molecular weight excluding hydrogens is 382 g/mol. The first-order chi connectivity index (χ1) is 14.0. The summed E-state index contributed by atoms with van der Waals surface area (Å²) in [7, 11) is 1.93. The van der Waals surface area contributed by atoms with Crippen LogP contribution < -0.4 is 5.32 Å². The standard InChI is InChI=1S/C22H27N5OS/c1-15-20(16(2)26(3)25-15)22-23-13-19(29-22)21(28)24-18-9-11-27(12-10-18)14-17-7-5-4-6-8-17/h4-8,13,18H,9-12,14H2,1-3H3,(H,24,28). The van der Waals surface area contributed by atoms with Crippen LogP contribution >= 0.6 is 11.3 Å². The summed E-state index contributed by atoms with van der Waals surface area (Å²) in [5, 5.41) is 8.51. The lowest BCUT2D eigenvalue weighted by Gasteiger charge is -2.32. The monoisotopic (exact) mass is 409 g/mol. The SMILES string of the molecule is Cc1nn(C)c(C)c1-c1ncc(C(=O)NC2CCN(Cc3ccccc3)CC2)s1. The van der Waals surface area contributed by atoms with E-state index < -0.39 is 0 Å². The van der Waals surface area contributed by atoms with Crippen LogP contribution in [0.1, 0.15) is 39.5 Å². The molecule has 1 aromatic carbocycles. The number of nitrogens with one attached hydrogen (secondary N) is 1. The predicted molar refractivity (Wildman–Crippen MR) is 116 cm³/mol. The van der Waals surface area contributed by atoms with E-state index in [1.165, 1.54) is 16.9 Å². The molecule has 1 aliphatic heterocycles. The Hall–Kier alpha value is -2.51. The van der Waals surface area contributed by atoms with Gasteiger partial charge in [0.1, 0.15) is 9.88 Å². The zero-order valence-corrected chi connectivity index (χ0v) is 18.0. The normalized spacial score (nSPS) is 15.6. The molecule has 2 aromatic heterocycles. The second kappa shape index (κ2) is 8.47. The van der Waals surface area contributed by atoms with Gasteiger partial charge in [0.15, 0.2) is 0 Å². The first-order valence-electron chi connectivity index (χ1n) is 10.0. The van der Waals surface area contributed by atoms with Crippen molar-refractivity contribution in [1.29, 1.82) is 0 Å². The molecule has 0 radical (unpaired) electrons. The van der Waals surface area contributed by atoms with Crippen molar-refractivity contribution in [2.24, 2.45) is 7.05 Å². The zero-order chi connectivity index (χ0) is 20.4. The summed E-state index contributed by atoms with van der Waals surface area (Å²) in [6.07, 6.45) is 3.64. The number of aryl methyl sites for hydroxylation is 2. The van der Waals surface area contributed by atoms with E-state index in [0.29, 0.717) is 4.88 Å². The van der Waals surface area contributed by atoms with Gasteiger partial charge in [-0.25, -0.2) is 4.98 Å². The molecule has 0 unspecified atom stereocenters. The number of likely N-dealkylation sites (tertiary alicyclic amines) is 1. The molecule has 152 valence electrons. The zero-order valence-electron chi connectivity index (χ0n) is 17.2. The number of benzene rings is 1. The number of thiazole rings is 1. The van der Waals surface area contributed by atoms with Gasteiger partial charge in [0, 0.05) is 38.4 Å². The minimum absolute atomic E-state index is 0.0190. The minimum atomic E-state index is -0.0190. The number of rotatable bonds is 5. The molecule has 3 aromatic rings. The maximum absolute atomic E-state index is 12.7. The molecule has 1 N–H and O–H groups in total. The second-order valence-corrected chi connectivity index (χ2v) is 8.74. The molecule has 1 saturated heterocycles. The maximum Gasteiger partial charge on any atom is 0.263 e. The lowest BCUT2D eigenvalue weighted by atomic mass is 10.0. The highest BCUT2D eigenvalue weighted by molar-refractivity contribution is 7.16. The van der Waals surface area contributed by atoms with E-state index in [-0.39, 0.29) is 11.9 Å². The van der Waals surface area contributed by atoms with E-state index in [0.717, 1.165) is 54.4 Å². The summed E-state index contributed by atoms with van der Waals surface area (Å²) >= 11 is 1.44. The number of nitrogens with zero attached hydrogens (tertiary/aromatic N) is 4. The van der Waals surface area contributed by atoms with E-state index >= 15 is 0 Å². The van der Waals surface area contributed by atoms with Crippen LogP contribution in [0.25, 0.3) is 10.6 Å².